The van der Waals surface area contributed by atoms with E-state index in [1.807, 2.05) is 12.1 Å². The number of hydrogen-bond donors (Lipinski definition) is 1. The van der Waals surface area contributed by atoms with E-state index in [-0.39, 0.29) is 24.9 Å². The Morgan fingerprint density at radius 3 is 2.38 bits per heavy atom. The van der Waals surface area contributed by atoms with Crippen LogP contribution in [-0.2, 0) is 4.79 Å². The number of likely N-dealkylation sites (N-methyl/N-ethyl adjacent to an activating group) is 1. The van der Waals surface area contributed by atoms with Crippen LogP contribution in [0.5, 0.6) is 11.5 Å². The Labute approximate surface area is 133 Å². The molecule has 0 aliphatic rings. The fourth-order valence-corrected chi connectivity index (χ4v) is 1.83. The highest BCUT2D eigenvalue weighted by Crippen LogP contribution is 2.25. The summed E-state index contributed by atoms with van der Waals surface area (Å²) in [6, 6.07) is 7.28. The van der Waals surface area contributed by atoms with Crippen LogP contribution in [-0.4, -0.2) is 50.7 Å². The molecule has 0 aromatic heterocycles. The molecule has 0 unspecified atom stereocenters. The monoisotopic (exact) mass is 316 g/mol. The van der Waals surface area contributed by atoms with Crippen LogP contribution in [0.2, 0.25) is 0 Å². The lowest BCUT2D eigenvalue weighted by Gasteiger charge is -2.18. The molecule has 0 heterocycles. The summed E-state index contributed by atoms with van der Waals surface area (Å²) in [5.74, 6) is 1.08. The van der Waals surface area contributed by atoms with Crippen LogP contribution in [0, 0.1) is 0 Å². The van der Waals surface area contributed by atoms with E-state index in [2.05, 4.69) is 24.1 Å². The Morgan fingerprint density at radius 2 is 1.81 bits per heavy atom. The summed E-state index contributed by atoms with van der Waals surface area (Å²) in [4.78, 5) is 13.9. The van der Waals surface area contributed by atoms with E-state index in [0.717, 1.165) is 19.6 Å². The second kappa shape index (κ2) is 11.2. The number of halogens is 1. The molecule has 1 N–H and O–H groups in total. The Hall–Kier alpha value is -1.46. The predicted molar refractivity (Wildman–Crippen MR) is 86.5 cm³/mol. The summed E-state index contributed by atoms with van der Waals surface area (Å²) in [5, 5.41) is 2.84. The molecule has 1 aromatic carbocycles. The molecule has 0 radical (unpaired) electrons. The van der Waals surface area contributed by atoms with Gasteiger partial charge in [0.2, 0.25) is 0 Å². The van der Waals surface area contributed by atoms with Gasteiger partial charge in [0, 0.05) is 13.1 Å². The van der Waals surface area contributed by atoms with Crippen molar-refractivity contribution in [3.8, 4) is 11.5 Å². The summed E-state index contributed by atoms with van der Waals surface area (Å²) in [6.07, 6.45) is 0. The summed E-state index contributed by atoms with van der Waals surface area (Å²) in [7, 11) is 1.58. The second-order valence-electron chi connectivity index (χ2n) is 4.32. The predicted octanol–water partition coefficient (Wildman–Crippen LogP) is 1.95. The van der Waals surface area contributed by atoms with Crippen molar-refractivity contribution in [2.24, 2.45) is 0 Å². The quantitative estimate of drug-likeness (QED) is 0.756. The van der Waals surface area contributed by atoms with E-state index in [4.69, 9.17) is 9.47 Å². The number of ether oxygens (including phenoxy) is 2. The standard InChI is InChI=1S/C15H24N2O3.ClH/c1-4-17(5-2)11-10-16-15(18)12-20-14-9-7-6-8-13(14)19-3;/h6-9H,4-5,10-12H2,1-3H3,(H,16,18);1H. The zero-order valence-corrected chi connectivity index (χ0v) is 13.7. The van der Waals surface area contributed by atoms with Crippen LogP contribution in [0.15, 0.2) is 24.3 Å². The maximum atomic E-state index is 11.7. The smallest absolute Gasteiger partial charge is 0.257 e. The SMILES string of the molecule is CCN(CC)CCNC(=O)COc1ccccc1OC.Cl. The van der Waals surface area contributed by atoms with Gasteiger partial charge < -0.3 is 19.7 Å². The van der Waals surface area contributed by atoms with Crippen LogP contribution >= 0.6 is 12.4 Å². The lowest BCUT2D eigenvalue weighted by atomic mass is 10.3. The number of carbonyl (C=O) groups excluding carboxylic acids is 1. The Kier molecular flexibility index (Phi) is 10.4. The lowest BCUT2D eigenvalue weighted by Crippen LogP contribution is -2.36. The topological polar surface area (TPSA) is 50.8 Å². The first kappa shape index (κ1) is 19.5. The van der Waals surface area contributed by atoms with Gasteiger partial charge in [0.15, 0.2) is 18.1 Å². The Morgan fingerprint density at radius 1 is 1.19 bits per heavy atom. The van der Waals surface area contributed by atoms with Gasteiger partial charge in [0.1, 0.15) is 0 Å². The molecule has 6 heteroatoms. The molecule has 1 aromatic rings. The highest BCUT2D eigenvalue weighted by atomic mass is 35.5. The molecular formula is C15H25ClN2O3. The zero-order chi connectivity index (χ0) is 14.8. The zero-order valence-electron chi connectivity index (χ0n) is 12.9. The number of rotatable bonds is 9. The summed E-state index contributed by atoms with van der Waals surface area (Å²) >= 11 is 0. The Balaban J connectivity index is 0.00000400. The molecule has 1 rings (SSSR count). The summed E-state index contributed by atoms with van der Waals surface area (Å²) in [6.45, 7) is 7.68. The molecule has 0 spiro atoms. The molecule has 0 fully saturated rings. The van der Waals surface area contributed by atoms with Crippen LogP contribution in [0.25, 0.3) is 0 Å². The van der Waals surface area contributed by atoms with Gasteiger partial charge >= 0.3 is 0 Å². The average Bonchev–Trinajstić information content (AvgIpc) is 2.49. The van der Waals surface area contributed by atoms with Crippen LogP contribution in [0.3, 0.4) is 0 Å². The Bertz CT molecular complexity index is 412. The number of amides is 1. The minimum Gasteiger partial charge on any atom is -0.493 e. The van der Waals surface area contributed by atoms with Crippen molar-refractivity contribution in [3.05, 3.63) is 24.3 Å². The van der Waals surface area contributed by atoms with E-state index in [0.29, 0.717) is 18.0 Å². The molecule has 21 heavy (non-hydrogen) atoms. The van der Waals surface area contributed by atoms with Crippen molar-refractivity contribution in [3.63, 3.8) is 0 Å². The molecule has 120 valence electrons. The van der Waals surface area contributed by atoms with E-state index in [1.165, 1.54) is 0 Å². The van der Waals surface area contributed by atoms with Gasteiger partial charge in [-0.1, -0.05) is 26.0 Å². The fourth-order valence-electron chi connectivity index (χ4n) is 1.83. The first-order chi connectivity index (χ1) is 9.71. The minimum absolute atomic E-state index is 0. The molecule has 1 amide bonds. The molecule has 0 saturated carbocycles. The first-order valence-corrected chi connectivity index (χ1v) is 6.96. The van der Waals surface area contributed by atoms with Crippen LogP contribution in [0.1, 0.15) is 13.8 Å². The van der Waals surface area contributed by atoms with Crippen molar-refractivity contribution in [1.29, 1.82) is 0 Å². The van der Waals surface area contributed by atoms with Gasteiger partial charge in [-0.25, -0.2) is 0 Å². The number of benzene rings is 1. The van der Waals surface area contributed by atoms with E-state index in [9.17, 15) is 4.79 Å². The minimum atomic E-state index is -0.122. The molecule has 0 aliphatic heterocycles. The third-order valence-corrected chi connectivity index (χ3v) is 3.07. The maximum absolute atomic E-state index is 11.7. The number of nitrogens with zero attached hydrogens (tertiary/aromatic N) is 1. The van der Waals surface area contributed by atoms with E-state index in [1.54, 1.807) is 19.2 Å². The molecular weight excluding hydrogens is 292 g/mol. The van der Waals surface area contributed by atoms with Crippen molar-refractivity contribution < 1.29 is 14.3 Å². The van der Waals surface area contributed by atoms with Crippen LogP contribution < -0.4 is 14.8 Å². The highest BCUT2D eigenvalue weighted by Gasteiger charge is 2.07. The van der Waals surface area contributed by atoms with E-state index < -0.39 is 0 Å². The van der Waals surface area contributed by atoms with Crippen molar-refractivity contribution in [1.82, 2.24) is 10.2 Å². The molecule has 0 saturated heterocycles. The maximum Gasteiger partial charge on any atom is 0.257 e. The number of hydrogen-bond acceptors (Lipinski definition) is 4. The fraction of sp³-hybridized carbons (Fsp3) is 0.533. The normalized spacial score (nSPS) is 9.90. The number of methoxy groups -OCH3 is 1. The van der Waals surface area contributed by atoms with Crippen LogP contribution in [0.4, 0.5) is 0 Å². The van der Waals surface area contributed by atoms with Crippen molar-refractivity contribution in [2.75, 3.05) is 39.9 Å². The largest absolute Gasteiger partial charge is 0.493 e. The van der Waals surface area contributed by atoms with Gasteiger partial charge in [-0.3, -0.25) is 4.79 Å². The number of carbonyl (C=O) groups is 1. The molecule has 0 aliphatic carbocycles. The summed E-state index contributed by atoms with van der Waals surface area (Å²) in [5.41, 5.74) is 0. The summed E-state index contributed by atoms with van der Waals surface area (Å²) < 4.78 is 10.6. The van der Waals surface area contributed by atoms with Crippen molar-refractivity contribution in [2.45, 2.75) is 13.8 Å². The second-order valence-corrected chi connectivity index (χ2v) is 4.32. The third kappa shape index (κ3) is 7.20. The third-order valence-electron chi connectivity index (χ3n) is 3.07. The highest BCUT2D eigenvalue weighted by molar-refractivity contribution is 5.85. The van der Waals surface area contributed by atoms with Gasteiger partial charge in [0.05, 0.1) is 7.11 Å². The molecule has 0 atom stereocenters. The lowest BCUT2D eigenvalue weighted by molar-refractivity contribution is -0.123. The molecule has 0 bridgehead atoms. The average molecular weight is 317 g/mol. The number of nitrogens with one attached hydrogen (secondary N) is 1. The van der Waals surface area contributed by atoms with Gasteiger partial charge in [0.25, 0.3) is 5.91 Å². The first-order valence-electron chi connectivity index (χ1n) is 6.96. The van der Waals surface area contributed by atoms with Gasteiger partial charge in [-0.15, -0.1) is 12.4 Å². The van der Waals surface area contributed by atoms with Gasteiger partial charge in [-0.2, -0.15) is 0 Å². The van der Waals surface area contributed by atoms with Gasteiger partial charge in [-0.05, 0) is 25.2 Å². The van der Waals surface area contributed by atoms with Crippen molar-refractivity contribution >= 4 is 18.3 Å². The molecule has 5 nitrogen and oxygen atoms in total. The number of para-hydroxylation sites is 2. The van der Waals surface area contributed by atoms with E-state index >= 15 is 0 Å².